The molecule has 2 nitrogen and oxygen atoms in total. The number of thiophene rings is 1. The van der Waals surface area contributed by atoms with E-state index in [1.807, 2.05) is 0 Å². The van der Waals surface area contributed by atoms with Crippen LogP contribution >= 0.6 is 11.3 Å². The van der Waals surface area contributed by atoms with Gasteiger partial charge in [0.2, 0.25) is 0 Å². The predicted molar refractivity (Wildman–Crippen MR) is 90.3 cm³/mol. The second-order valence-corrected chi connectivity index (χ2v) is 7.34. The van der Waals surface area contributed by atoms with Crippen LogP contribution in [0.15, 0.2) is 17.5 Å². The minimum absolute atomic E-state index is 0.302. The zero-order chi connectivity index (χ0) is 14.8. The smallest absolute Gasteiger partial charge is 0.107 e. The summed E-state index contributed by atoms with van der Waals surface area (Å²) in [7, 11) is 0. The maximum atomic E-state index is 9.77. The normalized spacial score (nSPS) is 20.9. The second-order valence-electron chi connectivity index (χ2n) is 6.31. The van der Waals surface area contributed by atoms with Gasteiger partial charge in [0.1, 0.15) is 5.54 Å². The second kappa shape index (κ2) is 9.23. The van der Waals surface area contributed by atoms with E-state index in [0.29, 0.717) is 0 Å². The minimum Gasteiger partial charge on any atom is -0.294 e. The van der Waals surface area contributed by atoms with E-state index in [-0.39, 0.29) is 5.54 Å². The Morgan fingerprint density at radius 1 is 1.00 bits per heavy atom. The standard InChI is InChI=1S/C18H28N2S/c19-16-18(20-15-17-11-10-14-21-17)12-8-6-4-2-1-3-5-7-9-13-18/h10-11,14,20H,1-9,12-13,15H2. The van der Waals surface area contributed by atoms with Gasteiger partial charge in [0.15, 0.2) is 0 Å². The molecule has 0 bridgehead atoms. The molecule has 1 saturated carbocycles. The lowest BCUT2D eigenvalue weighted by Gasteiger charge is -2.28. The lowest BCUT2D eigenvalue weighted by Crippen LogP contribution is -2.43. The zero-order valence-electron chi connectivity index (χ0n) is 13.1. The Balaban J connectivity index is 1.92. The molecular formula is C18H28N2S. The first kappa shape index (κ1) is 16.5. The molecule has 1 aromatic heterocycles. The van der Waals surface area contributed by atoms with Gasteiger partial charge in [-0.1, -0.05) is 63.9 Å². The summed E-state index contributed by atoms with van der Waals surface area (Å²) in [5, 5.41) is 15.5. The number of hydrogen-bond acceptors (Lipinski definition) is 3. The van der Waals surface area contributed by atoms with E-state index in [0.717, 1.165) is 19.4 Å². The molecule has 1 aliphatic rings. The topological polar surface area (TPSA) is 35.8 Å². The molecule has 0 aliphatic heterocycles. The molecule has 1 heterocycles. The van der Waals surface area contributed by atoms with Crippen LogP contribution in [0.25, 0.3) is 0 Å². The summed E-state index contributed by atoms with van der Waals surface area (Å²) in [5.41, 5.74) is -0.302. The van der Waals surface area contributed by atoms with Crippen molar-refractivity contribution in [1.82, 2.24) is 5.32 Å². The molecule has 0 spiro atoms. The number of nitrogens with zero attached hydrogens (tertiary/aromatic N) is 1. The van der Waals surface area contributed by atoms with Gasteiger partial charge in [-0.3, -0.25) is 5.32 Å². The van der Waals surface area contributed by atoms with Gasteiger partial charge in [-0.25, -0.2) is 0 Å². The van der Waals surface area contributed by atoms with Crippen molar-refractivity contribution in [1.29, 1.82) is 5.26 Å². The average Bonchev–Trinajstić information content (AvgIpc) is 3.01. The van der Waals surface area contributed by atoms with Crippen LogP contribution in [-0.4, -0.2) is 5.54 Å². The van der Waals surface area contributed by atoms with Crippen LogP contribution in [0.5, 0.6) is 0 Å². The van der Waals surface area contributed by atoms with E-state index in [2.05, 4.69) is 28.9 Å². The first-order valence-corrected chi connectivity index (χ1v) is 9.41. The molecule has 2 rings (SSSR count). The Labute approximate surface area is 133 Å². The van der Waals surface area contributed by atoms with E-state index in [1.54, 1.807) is 11.3 Å². The van der Waals surface area contributed by atoms with Crippen molar-refractivity contribution in [3.63, 3.8) is 0 Å². The fraction of sp³-hybridized carbons (Fsp3) is 0.722. The largest absolute Gasteiger partial charge is 0.294 e. The molecule has 0 unspecified atom stereocenters. The summed E-state index contributed by atoms with van der Waals surface area (Å²) in [5.74, 6) is 0. The van der Waals surface area contributed by atoms with Crippen LogP contribution in [-0.2, 0) is 6.54 Å². The molecule has 0 aromatic carbocycles. The maximum Gasteiger partial charge on any atom is 0.107 e. The van der Waals surface area contributed by atoms with Crippen molar-refractivity contribution in [2.45, 2.75) is 82.7 Å². The van der Waals surface area contributed by atoms with E-state index in [1.165, 1.54) is 62.7 Å². The van der Waals surface area contributed by atoms with Gasteiger partial charge in [-0.15, -0.1) is 11.3 Å². The third-order valence-corrected chi connectivity index (χ3v) is 5.48. The van der Waals surface area contributed by atoms with Crippen LogP contribution in [0.4, 0.5) is 0 Å². The molecule has 1 N–H and O–H groups in total. The molecule has 1 aromatic rings. The lowest BCUT2D eigenvalue weighted by atomic mass is 9.86. The summed E-state index contributed by atoms with van der Waals surface area (Å²) in [6.45, 7) is 0.839. The van der Waals surface area contributed by atoms with E-state index in [4.69, 9.17) is 0 Å². The van der Waals surface area contributed by atoms with Crippen molar-refractivity contribution in [2.24, 2.45) is 0 Å². The van der Waals surface area contributed by atoms with Crippen LogP contribution in [0.3, 0.4) is 0 Å². The van der Waals surface area contributed by atoms with Gasteiger partial charge in [-0.05, 0) is 24.3 Å². The summed E-state index contributed by atoms with van der Waals surface area (Å²) in [6, 6.07) is 6.86. The molecule has 21 heavy (non-hydrogen) atoms. The molecule has 0 atom stereocenters. The Hall–Kier alpha value is -0.850. The van der Waals surface area contributed by atoms with Gasteiger partial charge in [0.25, 0.3) is 0 Å². The Kier molecular flexibility index (Phi) is 7.26. The fourth-order valence-corrected chi connectivity index (χ4v) is 3.86. The highest BCUT2D eigenvalue weighted by Gasteiger charge is 2.28. The molecule has 116 valence electrons. The van der Waals surface area contributed by atoms with Gasteiger partial charge < -0.3 is 0 Å². The lowest BCUT2D eigenvalue weighted by molar-refractivity contribution is 0.328. The summed E-state index contributed by atoms with van der Waals surface area (Å²) in [4.78, 5) is 1.33. The van der Waals surface area contributed by atoms with Crippen LogP contribution in [0.2, 0.25) is 0 Å². The highest BCUT2D eigenvalue weighted by atomic mass is 32.1. The predicted octanol–water partition coefficient (Wildman–Crippen LogP) is 5.40. The van der Waals surface area contributed by atoms with Gasteiger partial charge in [0, 0.05) is 11.4 Å². The van der Waals surface area contributed by atoms with Gasteiger partial charge >= 0.3 is 0 Å². The number of nitriles is 1. The average molecular weight is 305 g/mol. The minimum atomic E-state index is -0.302. The van der Waals surface area contributed by atoms with Crippen molar-refractivity contribution in [3.05, 3.63) is 22.4 Å². The Morgan fingerprint density at radius 2 is 1.57 bits per heavy atom. The molecule has 0 radical (unpaired) electrons. The molecule has 0 amide bonds. The number of hydrogen-bond donors (Lipinski definition) is 1. The van der Waals surface area contributed by atoms with Crippen molar-refractivity contribution < 1.29 is 0 Å². The Bertz CT molecular complexity index is 407. The summed E-state index contributed by atoms with van der Waals surface area (Å²) in [6.07, 6.45) is 13.8. The SMILES string of the molecule is N#CC1(NCc2cccs2)CCCCCCCCCCC1. The van der Waals surface area contributed by atoms with Crippen LogP contribution in [0, 0.1) is 11.3 Å². The van der Waals surface area contributed by atoms with Crippen molar-refractivity contribution in [2.75, 3.05) is 0 Å². The first-order chi connectivity index (χ1) is 10.3. The summed E-state index contributed by atoms with van der Waals surface area (Å²) >= 11 is 1.77. The molecule has 0 saturated heterocycles. The van der Waals surface area contributed by atoms with E-state index >= 15 is 0 Å². The molecule has 1 aliphatic carbocycles. The van der Waals surface area contributed by atoms with Crippen LogP contribution in [0.1, 0.15) is 75.5 Å². The number of nitrogens with one attached hydrogen (secondary N) is 1. The highest BCUT2D eigenvalue weighted by Crippen LogP contribution is 2.25. The number of rotatable bonds is 3. The fourth-order valence-electron chi connectivity index (χ4n) is 3.21. The maximum absolute atomic E-state index is 9.77. The van der Waals surface area contributed by atoms with Crippen molar-refractivity contribution >= 4 is 11.3 Å². The third-order valence-electron chi connectivity index (χ3n) is 4.60. The van der Waals surface area contributed by atoms with Gasteiger partial charge in [-0.2, -0.15) is 5.26 Å². The first-order valence-electron chi connectivity index (χ1n) is 8.53. The monoisotopic (exact) mass is 304 g/mol. The van der Waals surface area contributed by atoms with Crippen LogP contribution < -0.4 is 5.32 Å². The van der Waals surface area contributed by atoms with Crippen molar-refractivity contribution in [3.8, 4) is 6.07 Å². The van der Waals surface area contributed by atoms with Gasteiger partial charge in [0.05, 0.1) is 6.07 Å². The Morgan fingerprint density at radius 3 is 2.05 bits per heavy atom. The molecule has 3 heteroatoms. The van der Waals surface area contributed by atoms with E-state index in [9.17, 15) is 5.26 Å². The quantitative estimate of drug-likeness (QED) is 0.811. The highest BCUT2D eigenvalue weighted by molar-refractivity contribution is 7.09. The third kappa shape index (κ3) is 5.80. The molecular weight excluding hydrogens is 276 g/mol. The molecule has 1 fully saturated rings. The summed E-state index contributed by atoms with van der Waals surface area (Å²) < 4.78 is 0. The zero-order valence-corrected chi connectivity index (χ0v) is 13.9. The van der Waals surface area contributed by atoms with E-state index < -0.39 is 0 Å².